The summed E-state index contributed by atoms with van der Waals surface area (Å²) in [5.41, 5.74) is 1.78. The number of benzene rings is 1. The van der Waals surface area contributed by atoms with Crippen LogP contribution in [0.1, 0.15) is 24.8 Å². The molecule has 0 fully saturated rings. The molecule has 0 bridgehead atoms. The van der Waals surface area contributed by atoms with Crippen molar-refractivity contribution < 1.29 is 4.79 Å². The Morgan fingerprint density at radius 1 is 1.32 bits per heavy atom. The Morgan fingerprint density at radius 2 is 2.05 bits per heavy atom. The zero-order chi connectivity index (χ0) is 13.7. The highest BCUT2D eigenvalue weighted by Crippen LogP contribution is 2.24. The first kappa shape index (κ1) is 13.7. The normalized spacial score (nSPS) is 11.9. The number of rotatable bonds is 4. The molecule has 0 aliphatic heterocycles. The van der Waals surface area contributed by atoms with Gasteiger partial charge in [0.15, 0.2) is 0 Å². The third-order valence-corrected chi connectivity index (χ3v) is 3.59. The number of nitrogens with one attached hydrogen (secondary N) is 1. The van der Waals surface area contributed by atoms with E-state index in [0.717, 1.165) is 22.1 Å². The number of carbonyl (C=O) groups excluding carboxylic acids is 1. The molecule has 2 aromatic rings. The summed E-state index contributed by atoms with van der Waals surface area (Å²) in [5, 5.41) is 2.93. The number of hydrogen-bond donors (Lipinski definition) is 1. The molecular weight excluding hydrogens is 304 g/mol. The average molecular weight is 319 g/mol. The van der Waals surface area contributed by atoms with Crippen LogP contribution in [0.25, 0.3) is 0 Å². The van der Waals surface area contributed by atoms with E-state index in [1.807, 2.05) is 37.3 Å². The molecule has 1 amide bonds. The van der Waals surface area contributed by atoms with Gasteiger partial charge in [0, 0.05) is 12.4 Å². The fourth-order valence-electron chi connectivity index (χ4n) is 1.95. The summed E-state index contributed by atoms with van der Waals surface area (Å²) in [6.07, 6.45) is 4.08. The Labute approximate surface area is 121 Å². The molecule has 0 saturated heterocycles. The van der Waals surface area contributed by atoms with Gasteiger partial charge >= 0.3 is 0 Å². The Bertz CT molecular complexity index is 557. The van der Waals surface area contributed by atoms with Crippen molar-refractivity contribution in [2.24, 2.45) is 0 Å². The van der Waals surface area contributed by atoms with Gasteiger partial charge in [-0.15, -0.1) is 0 Å². The maximum atomic E-state index is 12.3. The molecule has 0 aliphatic carbocycles. The minimum atomic E-state index is -0.138. The van der Waals surface area contributed by atoms with E-state index in [1.54, 1.807) is 18.5 Å². The first-order chi connectivity index (χ1) is 9.22. The summed E-state index contributed by atoms with van der Waals surface area (Å²) in [5.74, 6) is -0.137. The summed E-state index contributed by atoms with van der Waals surface area (Å²) in [7, 11) is 0. The van der Waals surface area contributed by atoms with Crippen molar-refractivity contribution in [1.82, 2.24) is 4.98 Å². The van der Waals surface area contributed by atoms with Crippen LogP contribution in [0.2, 0.25) is 0 Å². The van der Waals surface area contributed by atoms with Gasteiger partial charge in [-0.25, -0.2) is 0 Å². The Hall–Kier alpha value is -1.68. The standard InChI is InChI=1S/C15H15BrN2O/c1-2-12(11-6-4-3-5-7-11)15(19)18-14-8-9-17-10-13(14)16/h3-10,12H,2H2,1H3,(H,17,18,19). The smallest absolute Gasteiger partial charge is 0.231 e. The molecule has 0 radical (unpaired) electrons. The van der Waals surface area contributed by atoms with Crippen molar-refractivity contribution in [3.8, 4) is 0 Å². The molecule has 4 heteroatoms. The Balaban J connectivity index is 2.17. The van der Waals surface area contributed by atoms with E-state index in [4.69, 9.17) is 0 Å². The Kier molecular flexibility index (Phi) is 4.68. The van der Waals surface area contributed by atoms with Gasteiger partial charge in [0.25, 0.3) is 0 Å². The van der Waals surface area contributed by atoms with Gasteiger partial charge in [-0.3, -0.25) is 9.78 Å². The minimum Gasteiger partial charge on any atom is -0.324 e. The SMILES string of the molecule is CCC(C(=O)Nc1ccncc1Br)c1ccccc1. The maximum Gasteiger partial charge on any atom is 0.231 e. The van der Waals surface area contributed by atoms with E-state index < -0.39 is 0 Å². The maximum absolute atomic E-state index is 12.3. The molecule has 1 heterocycles. The van der Waals surface area contributed by atoms with Gasteiger partial charge in [0.1, 0.15) is 0 Å². The topological polar surface area (TPSA) is 42.0 Å². The predicted molar refractivity (Wildman–Crippen MR) is 80.0 cm³/mol. The summed E-state index contributed by atoms with van der Waals surface area (Å²) >= 11 is 3.37. The van der Waals surface area contributed by atoms with E-state index in [9.17, 15) is 4.79 Å². The lowest BCUT2D eigenvalue weighted by Crippen LogP contribution is -2.20. The molecule has 98 valence electrons. The van der Waals surface area contributed by atoms with E-state index >= 15 is 0 Å². The van der Waals surface area contributed by atoms with Gasteiger partial charge in [0.2, 0.25) is 5.91 Å². The van der Waals surface area contributed by atoms with Crippen LogP contribution in [0.5, 0.6) is 0 Å². The monoisotopic (exact) mass is 318 g/mol. The second-order valence-corrected chi connectivity index (χ2v) is 5.07. The molecule has 1 aromatic carbocycles. The fourth-order valence-corrected chi connectivity index (χ4v) is 2.30. The van der Waals surface area contributed by atoms with Crippen molar-refractivity contribution in [2.45, 2.75) is 19.3 Å². The number of amides is 1. The van der Waals surface area contributed by atoms with Crippen LogP contribution in [-0.2, 0) is 4.79 Å². The lowest BCUT2D eigenvalue weighted by molar-refractivity contribution is -0.117. The van der Waals surface area contributed by atoms with Crippen molar-refractivity contribution in [3.05, 3.63) is 58.8 Å². The molecule has 19 heavy (non-hydrogen) atoms. The quantitative estimate of drug-likeness (QED) is 0.926. The largest absolute Gasteiger partial charge is 0.324 e. The molecule has 1 unspecified atom stereocenters. The molecule has 1 N–H and O–H groups in total. The molecule has 1 atom stereocenters. The number of halogens is 1. The first-order valence-corrected chi connectivity index (χ1v) is 6.97. The third kappa shape index (κ3) is 3.41. The molecule has 0 aliphatic rings. The number of pyridine rings is 1. The zero-order valence-electron chi connectivity index (χ0n) is 10.6. The summed E-state index contributed by atoms with van der Waals surface area (Å²) < 4.78 is 0.784. The van der Waals surface area contributed by atoms with Crippen molar-refractivity contribution in [1.29, 1.82) is 0 Å². The second-order valence-electron chi connectivity index (χ2n) is 4.22. The lowest BCUT2D eigenvalue weighted by Gasteiger charge is -2.16. The molecule has 3 nitrogen and oxygen atoms in total. The summed E-state index contributed by atoms with van der Waals surface area (Å²) in [6.45, 7) is 2.01. The number of hydrogen-bond acceptors (Lipinski definition) is 2. The van der Waals surface area contributed by atoms with Gasteiger partial charge in [-0.1, -0.05) is 37.3 Å². The highest BCUT2D eigenvalue weighted by molar-refractivity contribution is 9.10. The zero-order valence-corrected chi connectivity index (χ0v) is 12.2. The van der Waals surface area contributed by atoms with E-state index in [2.05, 4.69) is 26.2 Å². The van der Waals surface area contributed by atoms with Gasteiger partial charge in [-0.2, -0.15) is 0 Å². The average Bonchev–Trinajstić information content (AvgIpc) is 2.43. The van der Waals surface area contributed by atoms with Crippen LogP contribution in [-0.4, -0.2) is 10.9 Å². The number of nitrogens with zero attached hydrogens (tertiary/aromatic N) is 1. The lowest BCUT2D eigenvalue weighted by atomic mass is 9.95. The summed E-state index contributed by atoms with van der Waals surface area (Å²) in [4.78, 5) is 16.3. The van der Waals surface area contributed by atoms with Crippen molar-refractivity contribution in [2.75, 3.05) is 5.32 Å². The summed E-state index contributed by atoms with van der Waals surface area (Å²) in [6, 6.07) is 11.6. The van der Waals surface area contributed by atoms with Crippen LogP contribution in [0.3, 0.4) is 0 Å². The van der Waals surface area contributed by atoms with Crippen molar-refractivity contribution >= 4 is 27.5 Å². The van der Waals surface area contributed by atoms with Crippen molar-refractivity contribution in [3.63, 3.8) is 0 Å². The van der Waals surface area contributed by atoms with Gasteiger partial charge in [-0.05, 0) is 34.0 Å². The predicted octanol–water partition coefficient (Wildman–Crippen LogP) is 3.98. The molecule has 2 rings (SSSR count). The highest BCUT2D eigenvalue weighted by atomic mass is 79.9. The Morgan fingerprint density at radius 3 is 2.68 bits per heavy atom. The number of aromatic nitrogens is 1. The van der Waals surface area contributed by atoms with E-state index in [-0.39, 0.29) is 11.8 Å². The number of anilines is 1. The van der Waals surface area contributed by atoms with Crippen LogP contribution < -0.4 is 5.32 Å². The van der Waals surface area contributed by atoms with Crippen LogP contribution >= 0.6 is 15.9 Å². The first-order valence-electron chi connectivity index (χ1n) is 6.17. The highest BCUT2D eigenvalue weighted by Gasteiger charge is 2.19. The fraction of sp³-hybridized carbons (Fsp3) is 0.200. The van der Waals surface area contributed by atoms with E-state index in [1.165, 1.54) is 0 Å². The van der Waals surface area contributed by atoms with Gasteiger partial charge in [0.05, 0.1) is 16.1 Å². The molecule has 0 spiro atoms. The molecular formula is C15H15BrN2O. The van der Waals surface area contributed by atoms with Gasteiger partial charge < -0.3 is 5.32 Å². The van der Waals surface area contributed by atoms with E-state index in [0.29, 0.717) is 0 Å². The van der Waals surface area contributed by atoms with Crippen LogP contribution in [0.4, 0.5) is 5.69 Å². The third-order valence-electron chi connectivity index (χ3n) is 2.96. The number of carbonyl (C=O) groups is 1. The van der Waals surface area contributed by atoms with Crippen LogP contribution in [0, 0.1) is 0 Å². The molecule has 0 saturated carbocycles. The minimum absolute atomic E-state index is 0.000556. The van der Waals surface area contributed by atoms with Crippen LogP contribution in [0.15, 0.2) is 53.3 Å². The molecule has 1 aromatic heterocycles. The second kappa shape index (κ2) is 6.48.